The molecule has 1 aromatic rings. The zero-order valence-electron chi connectivity index (χ0n) is 16.0. The third-order valence-corrected chi connectivity index (χ3v) is 4.62. The SMILES string of the molecule is CCCCCC(O)/C=C/CCCCCCCc1cccc(O)c1C(=O)O. The van der Waals surface area contributed by atoms with Crippen LogP contribution in [0.1, 0.15) is 87.1 Å². The van der Waals surface area contributed by atoms with Gasteiger partial charge in [-0.05, 0) is 43.7 Å². The van der Waals surface area contributed by atoms with E-state index in [1.54, 1.807) is 12.1 Å². The van der Waals surface area contributed by atoms with Crippen molar-refractivity contribution in [3.05, 3.63) is 41.5 Å². The van der Waals surface area contributed by atoms with Crippen molar-refractivity contribution >= 4 is 5.97 Å². The Balaban J connectivity index is 2.12. The molecule has 1 unspecified atom stereocenters. The number of aliphatic hydroxyl groups is 1. The highest BCUT2D eigenvalue weighted by molar-refractivity contribution is 5.92. The van der Waals surface area contributed by atoms with Crippen LogP contribution in [0.3, 0.4) is 0 Å². The lowest BCUT2D eigenvalue weighted by Crippen LogP contribution is -2.03. The Kier molecular flexibility index (Phi) is 11.5. The van der Waals surface area contributed by atoms with Gasteiger partial charge in [0.05, 0.1) is 6.10 Å². The molecule has 146 valence electrons. The highest BCUT2D eigenvalue weighted by atomic mass is 16.4. The predicted octanol–water partition coefficient (Wildman–Crippen LogP) is 5.47. The van der Waals surface area contributed by atoms with Gasteiger partial charge in [0.2, 0.25) is 0 Å². The Morgan fingerprint density at radius 2 is 1.81 bits per heavy atom. The fourth-order valence-electron chi connectivity index (χ4n) is 3.10. The maximum Gasteiger partial charge on any atom is 0.339 e. The first kappa shape index (κ1) is 22.2. The molecular formula is C22H34O4. The van der Waals surface area contributed by atoms with E-state index in [4.69, 9.17) is 0 Å². The smallest absolute Gasteiger partial charge is 0.339 e. The van der Waals surface area contributed by atoms with Crippen LogP contribution < -0.4 is 0 Å². The summed E-state index contributed by atoms with van der Waals surface area (Å²) in [5, 5.41) is 28.7. The molecule has 0 radical (unpaired) electrons. The van der Waals surface area contributed by atoms with Gasteiger partial charge in [-0.2, -0.15) is 0 Å². The number of carboxylic acids is 1. The molecule has 0 aliphatic heterocycles. The minimum atomic E-state index is -1.07. The lowest BCUT2D eigenvalue weighted by molar-refractivity contribution is 0.0692. The number of allylic oxidation sites excluding steroid dienone is 1. The zero-order chi connectivity index (χ0) is 19.2. The second kappa shape index (κ2) is 13.4. The molecule has 1 rings (SSSR count). The minimum Gasteiger partial charge on any atom is -0.507 e. The van der Waals surface area contributed by atoms with Crippen LogP contribution in [-0.4, -0.2) is 27.4 Å². The van der Waals surface area contributed by atoms with Crippen molar-refractivity contribution in [3.63, 3.8) is 0 Å². The Labute approximate surface area is 157 Å². The summed E-state index contributed by atoms with van der Waals surface area (Å²) >= 11 is 0. The third-order valence-electron chi connectivity index (χ3n) is 4.62. The topological polar surface area (TPSA) is 77.8 Å². The van der Waals surface area contributed by atoms with E-state index >= 15 is 0 Å². The fraction of sp³-hybridized carbons (Fsp3) is 0.591. The van der Waals surface area contributed by atoms with E-state index in [2.05, 4.69) is 13.0 Å². The monoisotopic (exact) mass is 362 g/mol. The van der Waals surface area contributed by atoms with Crippen LogP contribution in [0.15, 0.2) is 30.4 Å². The Bertz CT molecular complexity index is 551. The number of aromatic hydroxyl groups is 1. The van der Waals surface area contributed by atoms with Crippen LogP contribution in [0.5, 0.6) is 5.75 Å². The summed E-state index contributed by atoms with van der Waals surface area (Å²) in [7, 11) is 0. The van der Waals surface area contributed by atoms with Gasteiger partial charge in [0.1, 0.15) is 11.3 Å². The molecular weight excluding hydrogens is 328 g/mol. The van der Waals surface area contributed by atoms with Gasteiger partial charge in [-0.25, -0.2) is 4.79 Å². The first-order valence-electron chi connectivity index (χ1n) is 9.95. The van der Waals surface area contributed by atoms with Crippen molar-refractivity contribution in [2.24, 2.45) is 0 Å². The number of phenols is 1. The highest BCUT2D eigenvalue weighted by Gasteiger charge is 2.14. The van der Waals surface area contributed by atoms with Crippen molar-refractivity contribution in [3.8, 4) is 5.75 Å². The number of benzene rings is 1. The molecule has 0 saturated heterocycles. The van der Waals surface area contributed by atoms with Crippen LogP contribution in [0.4, 0.5) is 0 Å². The molecule has 0 bridgehead atoms. The van der Waals surface area contributed by atoms with E-state index in [-0.39, 0.29) is 17.4 Å². The maximum atomic E-state index is 11.2. The molecule has 3 N–H and O–H groups in total. The summed E-state index contributed by atoms with van der Waals surface area (Å²) in [6, 6.07) is 4.89. The molecule has 0 heterocycles. The van der Waals surface area contributed by atoms with Crippen molar-refractivity contribution < 1.29 is 20.1 Å². The number of hydrogen-bond acceptors (Lipinski definition) is 3. The van der Waals surface area contributed by atoms with Gasteiger partial charge in [-0.15, -0.1) is 0 Å². The molecule has 0 saturated carbocycles. The average Bonchev–Trinajstić information content (AvgIpc) is 2.60. The number of aromatic carboxylic acids is 1. The number of unbranched alkanes of at least 4 members (excludes halogenated alkanes) is 7. The summed E-state index contributed by atoms with van der Waals surface area (Å²) in [6.45, 7) is 2.16. The van der Waals surface area contributed by atoms with Crippen LogP contribution >= 0.6 is 0 Å². The summed E-state index contributed by atoms with van der Waals surface area (Å²) < 4.78 is 0. The first-order valence-corrected chi connectivity index (χ1v) is 9.95. The summed E-state index contributed by atoms with van der Waals surface area (Å²) in [4.78, 5) is 11.2. The summed E-state index contributed by atoms with van der Waals surface area (Å²) in [5.41, 5.74) is 0.743. The van der Waals surface area contributed by atoms with Crippen molar-refractivity contribution in [1.82, 2.24) is 0 Å². The van der Waals surface area contributed by atoms with Crippen molar-refractivity contribution in [1.29, 1.82) is 0 Å². The Hall–Kier alpha value is -1.81. The third kappa shape index (κ3) is 9.04. The number of aryl methyl sites for hydroxylation is 1. The number of hydrogen-bond donors (Lipinski definition) is 3. The zero-order valence-corrected chi connectivity index (χ0v) is 16.0. The van der Waals surface area contributed by atoms with E-state index in [0.717, 1.165) is 51.4 Å². The molecule has 0 spiro atoms. The molecule has 0 fully saturated rings. The summed E-state index contributed by atoms with van der Waals surface area (Å²) in [5.74, 6) is -1.22. The Morgan fingerprint density at radius 1 is 1.08 bits per heavy atom. The molecule has 26 heavy (non-hydrogen) atoms. The van der Waals surface area contributed by atoms with Gasteiger partial charge in [0.25, 0.3) is 0 Å². The van der Waals surface area contributed by atoms with Gasteiger partial charge in [-0.1, -0.05) is 69.7 Å². The van der Waals surface area contributed by atoms with E-state index in [1.165, 1.54) is 18.9 Å². The molecule has 1 aromatic carbocycles. The van der Waals surface area contributed by atoms with E-state index in [1.807, 2.05) is 6.08 Å². The summed E-state index contributed by atoms with van der Waals surface area (Å²) in [6.07, 6.45) is 15.1. The van der Waals surface area contributed by atoms with Crippen molar-refractivity contribution in [2.75, 3.05) is 0 Å². The van der Waals surface area contributed by atoms with Gasteiger partial charge >= 0.3 is 5.97 Å². The van der Waals surface area contributed by atoms with Gasteiger partial charge in [0.15, 0.2) is 0 Å². The van der Waals surface area contributed by atoms with Crippen LogP contribution in [0, 0.1) is 0 Å². The number of rotatable bonds is 14. The lowest BCUT2D eigenvalue weighted by Gasteiger charge is -2.07. The van der Waals surface area contributed by atoms with Crippen LogP contribution in [0.2, 0.25) is 0 Å². The first-order chi connectivity index (χ1) is 12.6. The highest BCUT2D eigenvalue weighted by Crippen LogP contribution is 2.23. The molecule has 4 heteroatoms. The van der Waals surface area contributed by atoms with Gasteiger partial charge < -0.3 is 15.3 Å². The van der Waals surface area contributed by atoms with Crippen molar-refractivity contribution in [2.45, 2.75) is 83.7 Å². The van der Waals surface area contributed by atoms with Crippen LogP contribution in [-0.2, 0) is 6.42 Å². The quantitative estimate of drug-likeness (QED) is 0.303. The minimum absolute atomic E-state index is 0.0372. The second-order valence-corrected chi connectivity index (χ2v) is 6.91. The Morgan fingerprint density at radius 3 is 2.54 bits per heavy atom. The maximum absolute atomic E-state index is 11.2. The van der Waals surface area contributed by atoms with E-state index < -0.39 is 5.97 Å². The van der Waals surface area contributed by atoms with E-state index in [9.17, 15) is 20.1 Å². The molecule has 0 aromatic heterocycles. The number of aliphatic hydroxyl groups excluding tert-OH is 1. The standard InChI is InChI=1S/C22H34O4/c1-2-3-9-15-19(23)16-11-8-6-4-5-7-10-13-18-14-12-17-20(24)21(18)22(25)26/h11-12,14,16-17,19,23-24H,2-10,13,15H2,1H3,(H,25,26)/b16-11+. The van der Waals surface area contributed by atoms with Gasteiger partial charge in [-0.3, -0.25) is 0 Å². The predicted molar refractivity (Wildman–Crippen MR) is 106 cm³/mol. The molecule has 0 aliphatic rings. The largest absolute Gasteiger partial charge is 0.507 e. The molecule has 0 aliphatic carbocycles. The normalized spacial score (nSPS) is 12.5. The van der Waals surface area contributed by atoms with Crippen LogP contribution in [0.25, 0.3) is 0 Å². The molecule has 1 atom stereocenters. The fourth-order valence-corrected chi connectivity index (χ4v) is 3.10. The van der Waals surface area contributed by atoms with E-state index in [0.29, 0.717) is 12.0 Å². The molecule has 0 amide bonds. The lowest BCUT2D eigenvalue weighted by atomic mass is 9.99. The van der Waals surface area contributed by atoms with Gasteiger partial charge in [0, 0.05) is 0 Å². The average molecular weight is 363 g/mol. The molecule has 4 nitrogen and oxygen atoms in total. The number of carboxylic acid groups (broad SMARTS) is 1. The number of carbonyl (C=O) groups is 1. The second-order valence-electron chi connectivity index (χ2n) is 6.91.